The summed E-state index contributed by atoms with van der Waals surface area (Å²) >= 11 is 0. The molecule has 0 aliphatic rings. The summed E-state index contributed by atoms with van der Waals surface area (Å²) in [6.45, 7) is 0. The van der Waals surface area contributed by atoms with Crippen molar-refractivity contribution in [3.8, 4) is 0 Å². The van der Waals surface area contributed by atoms with Gasteiger partial charge in [0.25, 0.3) is 0 Å². The Labute approximate surface area is 94.2 Å². The third kappa shape index (κ3) is 29.7. The Bertz CT molecular complexity index is 11.5. The van der Waals surface area contributed by atoms with E-state index in [4.69, 9.17) is 0 Å². The molecular formula is CrMgNi2Si2. The number of hydrogen-bond acceptors (Lipinski definition) is 0. The molecular weight excluding hydrogens is 250 g/mol. The molecule has 0 fully saturated rings. The van der Waals surface area contributed by atoms with Crippen LogP contribution in [0.5, 0.6) is 0 Å². The summed E-state index contributed by atoms with van der Waals surface area (Å²) in [7, 11) is 0. The van der Waals surface area contributed by atoms with E-state index in [0.29, 0.717) is 0 Å². The first-order valence-electron chi connectivity index (χ1n) is 0. The van der Waals surface area contributed by atoms with Crippen LogP contribution < -0.4 is 0 Å². The molecule has 0 aliphatic carbocycles. The van der Waals surface area contributed by atoms with Crippen molar-refractivity contribution in [1.29, 1.82) is 0 Å². The van der Waals surface area contributed by atoms with Crippen molar-refractivity contribution in [3.05, 3.63) is 0 Å². The predicted molar refractivity (Wildman–Crippen MR) is 17.3 cm³/mol. The smallest absolute Gasteiger partial charge is 0 e. The second kappa shape index (κ2) is 47.1. The maximum atomic E-state index is 0. The van der Waals surface area contributed by atoms with E-state index in [2.05, 4.69) is 0 Å². The van der Waals surface area contributed by atoms with Gasteiger partial charge in [0.1, 0.15) is 0 Å². The molecule has 0 aromatic heterocycles. The first-order chi connectivity index (χ1) is 0. The molecule has 36 valence electrons. The minimum absolute atomic E-state index is 0. The molecule has 0 N–H and O–H groups in total. The summed E-state index contributed by atoms with van der Waals surface area (Å²) in [5, 5.41) is 0. The van der Waals surface area contributed by atoms with Crippen LogP contribution >= 0.6 is 0 Å². The van der Waals surface area contributed by atoms with Crippen LogP contribution in [-0.4, -0.2) is 45.0 Å². The molecule has 0 heterocycles. The third-order valence-electron chi connectivity index (χ3n) is 0. The van der Waals surface area contributed by atoms with Crippen molar-refractivity contribution in [2.75, 3.05) is 0 Å². The van der Waals surface area contributed by atoms with Crippen molar-refractivity contribution in [2.45, 2.75) is 0 Å². The largest absolute Gasteiger partial charge is 0 e. The summed E-state index contributed by atoms with van der Waals surface area (Å²) < 4.78 is 0. The van der Waals surface area contributed by atoms with Gasteiger partial charge in [-0.25, -0.2) is 0 Å². The minimum atomic E-state index is 0. The Morgan fingerprint density at radius 1 is 0.667 bits per heavy atom. The van der Waals surface area contributed by atoms with E-state index < -0.39 is 0 Å². The van der Waals surface area contributed by atoms with Gasteiger partial charge in [0.05, 0.1) is 0 Å². The van der Waals surface area contributed by atoms with Crippen LogP contribution in [0.25, 0.3) is 0 Å². The maximum Gasteiger partial charge on any atom is 0 e. The van der Waals surface area contributed by atoms with Gasteiger partial charge in [-0.3, -0.25) is 0 Å². The molecule has 0 rings (SSSR count). The fourth-order valence-electron chi connectivity index (χ4n) is 0. The number of hydrogen-bond donors (Lipinski definition) is 0. The first kappa shape index (κ1) is 70.3. The normalized spacial score (nSPS) is 0. The SMILES string of the molecule is [Cr].[Mg].[Ni].[Ni].[Si].[Si]. The van der Waals surface area contributed by atoms with Gasteiger partial charge in [-0.15, -0.1) is 0 Å². The molecule has 0 aliphatic heterocycles. The van der Waals surface area contributed by atoms with Crippen molar-refractivity contribution in [1.82, 2.24) is 0 Å². The van der Waals surface area contributed by atoms with Gasteiger partial charge < -0.3 is 0 Å². The Hall–Kier alpha value is 2.72. The molecule has 10 radical (unpaired) electrons. The Kier molecular flexibility index (Phi) is 552. The van der Waals surface area contributed by atoms with E-state index in [9.17, 15) is 0 Å². The van der Waals surface area contributed by atoms with Crippen LogP contribution in [0.3, 0.4) is 0 Å². The fraction of sp³-hybridized carbons (Fsp3) is 0. The molecule has 0 nitrogen and oxygen atoms in total. The van der Waals surface area contributed by atoms with E-state index in [1.165, 1.54) is 0 Å². The molecule has 0 aromatic carbocycles. The molecule has 0 aromatic rings. The molecule has 0 saturated heterocycles. The van der Waals surface area contributed by atoms with Crippen molar-refractivity contribution in [3.63, 3.8) is 0 Å². The van der Waals surface area contributed by atoms with Crippen molar-refractivity contribution in [2.24, 2.45) is 0 Å². The maximum absolute atomic E-state index is 0. The van der Waals surface area contributed by atoms with Gasteiger partial charge in [-0.05, 0) is 0 Å². The second-order valence-electron chi connectivity index (χ2n) is 0. The van der Waals surface area contributed by atoms with Crippen LogP contribution in [0, 0.1) is 0 Å². The molecule has 0 bridgehead atoms. The minimum Gasteiger partial charge on any atom is 0 e. The molecule has 6 heteroatoms. The molecule has 0 amide bonds. The van der Waals surface area contributed by atoms with Crippen molar-refractivity contribution < 1.29 is 50.3 Å². The van der Waals surface area contributed by atoms with E-state index in [1.807, 2.05) is 0 Å². The summed E-state index contributed by atoms with van der Waals surface area (Å²) in [6, 6.07) is 0. The van der Waals surface area contributed by atoms with Crippen LogP contribution in [0.1, 0.15) is 0 Å². The topological polar surface area (TPSA) is 0 Å². The standard InChI is InChI=1S/Cr.Mg.2Ni.2Si. The van der Waals surface area contributed by atoms with Crippen molar-refractivity contribution >= 4 is 45.0 Å². The van der Waals surface area contributed by atoms with Crippen LogP contribution in [0.15, 0.2) is 0 Å². The van der Waals surface area contributed by atoms with Crippen LogP contribution in [0.2, 0.25) is 0 Å². The first-order valence-corrected chi connectivity index (χ1v) is 0. The van der Waals surface area contributed by atoms with E-state index in [1.54, 1.807) is 0 Å². The quantitative estimate of drug-likeness (QED) is 0.476. The average Bonchev–Trinajstić information content (AvgIpc) is 0. The summed E-state index contributed by atoms with van der Waals surface area (Å²) in [5.41, 5.74) is 0. The monoisotopic (exact) mass is 248 g/mol. The van der Waals surface area contributed by atoms with Gasteiger partial charge in [-0.2, -0.15) is 0 Å². The van der Waals surface area contributed by atoms with Gasteiger partial charge in [0, 0.05) is 95.3 Å². The van der Waals surface area contributed by atoms with E-state index in [0.717, 1.165) is 0 Å². The molecule has 0 spiro atoms. The summed E-state index contributed by atoms with van der Waals surface area (Å²) in [5.74, 6) is 0. The van der Waals surface area contributed by atoms with Gasteiger partial charge >= 0.3 is 0 Å². The van der Waals surface area contributed by atoms with Crippen LogP contribution in [-0.2, 0) is 50.3 Å². The summed E-state index contributed by atoms with van der Waals surface area (Å²) in [4.78, 5) is 0. The number of rotatable bonds is 0. The van der Waals surface area contributed by atoms with Gasteiger partial charge in [-0.1, -0.05) is 0 Å². The average molecular weight is 250 g/mol. The molecule has 0 unspecified atom stereocenters. The van der Waals surface area contributed by atoms with Gasteiger partial charge in [0.2, 0.25) is 0 Å². The van der Waals surface area contributed by atoms with E-state index in [-0.39, 0.29) is 95.3 Å². The molecule has 6 heavy (non-hydrogen) atoms. The zero-order chi connectivity index (χ0) is 0. The third-order valence-corrected chi connectivity index (χ3v) is 0. The Morgan fingerprint density at radius 3 is 0.667 bits per heavy atom. The Morgan fingerprint density at radius 2 is 0.667 bits per heavy atom. The predicted octanol–water partition coefficient (Wildman–Crippen LogP) is -1.15. The van der Waals surface area contributed by atoms with E-state index >= 15 is 0 Å². The summed E-state index contributed by atoms with van der Waals surface area (Å²) in [6.07, 6.45) is 0. The molecule has 0 atom stereocenters. The zero-order valence-corrected chi connectivity index (χ0v) is 9.41. The van der Waals surface area contributed by atoms with Gasteiger partial charge in [0.15, 0.2) is 0 Å². The van der Waals surface area contributed by atoms with Crippen LogP contribution in [0.4, 0.5) is 0 Å². The zero-order valence-electron chi connectivity index (χ0n) is 2.75. The molecule has 0 saturated carbocycles. The Balaban J connectivity index is 0. The fourth-order valence-corrected chi connectivity index (χ4v) is 0. The second-order valence-corrected chi connectivity index (χ2v) is 0.